The summed E-state index contributed by atoms with van der Waals surface area (Å²) >= 11 is 0. The Labute approximate surface area is 144 Å². The molecular formula is C19H27N3O2. The molecule has 0 spiro atoms. The molecule has 2 heterocycles. The van der Waals surface area contributed by atoms with E-state index >= 15 is 0 Å². The Morgan fingerprint density at radius 2 is 1.92 bits per heavy atom. The standard InChI is InChI=1S/C19H27N3O2/c1-13(2)15-4-6-16(7-5-15)22-10-8-17(19(22)24)18(23)21-11-9-20-14(3)12-21/h4-7,13-14,17,20H,8-12H2,1-3H3. The molecule has 3 rings (SSSR count). The Morgan fingerprint density at radius 1 is 1.21 bits per heavy atom. The number of amides is 2. The van der Waals surface area contributed by atoms with E-state index in [1.54, 1.807) is 4.90 Å². The number of piperazine rings is 1. The molecule has 0 saturated carbocycles. The predicted octanol–water partition coefficient (Wildman–Crippen LogP) is 1.98. The summed E-state index contributed by atoms with van der Waals surface area (Å²) in [4.78, 5) is 29.1. The van der Waals surface area contributed by atoms with Crippen LogP contribution < -0.4 is 10.2 Å². The zero-order valence-corrected chi connectivity index (χ0v) is 14.8. The number of carbonyl (C=O) groups excluding carboxylic acids is 2. The fourth-order valence-electron chi connectivity index (χ4n) is 3.56. The minimum Gasteiger partial charge on any atom is -0.339 e. The van der Waals surface area contributed by atoms with Gasteiger partial charge in [0.2, 0.25) is 11.8 Å². The maximum Gasteiger partial charge on any atom is 0.239 e. The second kappa shape index (κ2) is 6.93. The van der Waals surface area contributed by atoms with E-state index in [2.05, 4.69) is 38.2 Å². The van der Waals surface area contributed by atoms with Gasteiger partial charge in [-0.1, -0.05) is 26.0 Å². The predicted molar refractivity (Wildman–Crippen MR) is 95.0 cm³/mol. The average Bonchev–Trinajstić information content (AvgIpc) is 2.96. The summed E-state index contributed by atoms with van der Waals surface area (Å²) in [6.07, 6.45) is 0.613. The van der Waals surface area contributed by atoms with Gasteiger partial charge >= 0.3 is 0 Å². The van der Waals surface area contributed by atoms with Crippen LogP contribution in [0, 0.1) is 5.92 Å². The lowest BCUT2D eigenvalue weighted by Gasteiger charge is -2.33. The van der Waals surface area contributed by atoms with E-state index in [1.165, 1.54) is 5.56 Å². The Bertz CT molecular complexity index is 612. The molecule has 2 unspecified atom stereocenters. The van der Waals surface area contributed by atoms with Crippen molar-refractivity contribution >= 4 is 17.5 Å². The molecule has 2 fully saturated rings. The maximum atomic E-state index is 12.8. The van der Waals surface area contributed by atoms with Crippen LogP contribution >= 0.6 is 0 Å². The lowest BCUT2D eigenvalue weighted by Crippen LogP contribution is -2.53. The van der Waals surface area contributed by atoms with Crippen LogP contribution in [0.15, 0.2) is 24.3 Å². The minimum absolute atomic E-state index is 0.00495. The van der Waals surface area contributed by atoms with E-state index in [9.17, 15) is 9.59 Å². The van der Waals surface area contributed by atoms with Crippen molar-refractivity contribution in [2.75, 3.05) is 31.1 Å². The topological polar surface area (TPSA) is 52.7 Å². The van der Waals surface area contributed by atoms with E-state index in [-0.39, 0.29) is 11.8 Å². The Morgan fingerprint density at radius 3 is 2.54 bits per heavy atom. The van der Waals surface area contributed by atoms with Gasteiger partial charge in [-0.15, -0.1) is 0 Å². The first-order valence-corrected chi connectivity index (χ1v) is 8.91. The number of rotatable bonds is 3. The van der Waals surface area contributed by atoms with Crippen molar-refractivity contribution in [1.29, 1.82) is 0 Å². The van der Waals surface area contributed by atoms with Gasteiger partial charge in [0, 0.05) is 37.9 Å². The lowest BCUT2D eigenvalue weighted by atomic mass is 10.0. The molecule has 2 aliphatic rings. The van der Waals surface area contributed by atoms with Gasteiger partial charge in [-0.05, 0) is 37.0 Å². The molecule has 0 radical (unpaired) electrons. The van der Waals surface area contributed by atoms with Crippen LogP contribution in [0.5, 0.6) is 0 Å². The highest BCUT2D eigenvalue weighted by atomic mass is 16.2. The van der Waals surface area contributed by atoms with E-state index in [1.807, 2.05) is 17.0 Å². The van der Waals surface area contributed by atoms with Gasteiger partial charge in [-0.2, -0.15) is 0 Å². The van der Waals surface area contributed by atoms with E-state index in [0.29, 0.717) is 38.0 Å². The third-order valence-corrected chi connectivity index (χ3v) is 5.06. The molecule has 2 atom stereocenters. The highest BCUT2D eigenvalue weighted by Gasteiger charge is 2.40. The van der Waals surface area contributed by atoms with E-state index < -0.39 is 5.92 Å². The summed E-state index contributed by atoms with van der Waals surface area (Å²) < 4.78 is 0. The molecule has 0 aromatic heterocycles. The van der Waals surface area contributed by atoms with Crippen LogP contribution in [0.2, 0.25) is 0 Å². The van der Waals surface area contributed by atoms with Gasteiger partial charge in [0.15, 0.2) is 0 Å². The van der Waals surface area contributed by atoms with Gasteiger partial charge in [0.25, 0.3) is 0 Å². The Hall–Kier alpha value is -1.88. The number of anilines is 1. The van der Waals surface area contributed by atoms with Gasteiger partial charge < -0.3 is 15.1 Å². The van der Waals surface area contributed by atoms with E-state index in [0.717, 1.165) is 12.2 Å². The third kappa shape index (κ3) is 3.31. The van der Waals surface area contributed by atoms with Gasteiger partial charge in [-0.3, -0.25) is 9.59 Å². The van der Waals surface area contributed by atoms with Crippen molar-refractivity contribution in [2.24, 2.45) is 5.92 Å². The van der Waals surface area contributed by atoms with Crippen LogP contribution in [0.3, 0.4) is 0 Å². The van der Waals surface area contributed by atoms with Crippen molar-refractivity contribution in [3.8, 4) is 0 Å². The van der Waals surface area contributed by atoms with Gasteiger partial charge in [0.1, 0.15) is 5.92 Å². The molecule has 1 N–H and O–H groups in total. The molecule has 2 amide bonds. The van der Waals surface area contributed by atoms with Crippen LogP contribution in [0.4, 0.5) is 5.69 Å². The summed E-state index contributed by atoms with van der Waals surface area (Å²) in [5.41, 5.74) is 2.15. The zero-order valence-electron chi connectivity index (χ0n) is 14.8. The molecule has 1 aromatic carbocycles. The zero-order chi connectivity index (χ0) is 17.3. The van der Waals surface area contributed by atoms with Gasteiger partial charge in [0.05, 0.1) is 0 Å². The van der Waals surface area contributed by atoms with Crippen LogP contribution in [0.1, 0.15) is 38.7 Å². The molecule has 1 aromatic rings. The highest BCUT2D eigenvalue weighted by Crippen LogP contribution is 2.28. The number of hydrogen-bond acceptors (Lipinski definition) is 3. The smallest absolute Gasteiger partial charge is 0.239 e. The second-order valence-corrected chi connectivity index (χ2v) is 7.22. The van der Waals surface area contributed by atoms with Crippen LogP contribution in [-0.2, 0) is 9.59 Å². The summed E-state index contributed by atoms with van der Waals surface area (Å²) in [7, 11) is 0. The summed E-state index contributed by atoms with van der Waals surface area (Å²) in [5.74, 6) is -0.101. The van der Waals surface area contributed by atoms with Gasteiger partial charge in [-0.25, -0.2) is 0 Å². The molecular weight excluding hydrogens is 302 g/mol. The number of nitrogens with one attached hydrogen (secondary N) is 1. The maximum absolute atomic E-state index is 12.8. The quantitative estimate of drug-likeness (QED) is 0.863. The van der Waals surface area contributed by atoms with Crippen molar-refractivity contribution < 1.29 is 9.59 Å². The number of nitrogens with zero attached hydrogens (tertiary/aromatic N) is 2. The summed E-state index contributed by atoms with van der Waals surface area (Å²) in [6.45, 7) is 9.17. The second-order valence-electron chi connectivity index (χ2n) is 7.22. The average molecular weight is 329 g/mol. The van der Waals surface area contributed by atoms with Crippen LogP contribution in [-0.4, -0.2) is 48.9 Å². The Balaban J connectivity index is 1.69. The molecule has 130 valence electrons. The molecule has 2 aliphatic heterocycles. The fourth-order valence-corrected chi connectivity index (χ4v) is 3.56. The largest absolute Gasteiger partial charge is 0.339 e. The first kappa shape index (κ1) is 17.0. The number of hydrogen-bond donors (Lipinski definition) is 1. The molecule has 2 saturated heterocycles. The minimum atomic E-state index is -0.514. The van der Waals surface area contributed by atoms with Crippen molar-refractivity contribution in [2.45, 2.75) is 39.2 Å². The Kier molecular flexibility index (Phi) is 4.90. The lowest BCUT2D eigenvalue weighted by molar-refractivity contribution is -0.140. The normalized spacial score (nSPS) is 24.8. The third-order valence-electron chi connectivity index (χ3n) is 5.06. The number of carbonyl (C=O) groups is 2. The molecule has 24 heavy (non-hydrogen) atoms. The van der Waals surface area contributed by atoms with Crippen molar-refractivity contribution in [1.82, 2.24) is 10.2 Å². The fraction of sp³-hybridized carbons (Fsp3) is 0.579. The molecule has 0 aliphatic carbocycles. The molecule has 5 nitrogen and oxygen atoms in total. The van der Waals surface area contributed by atoms with Crippen molar-refractivity contribution in [3.63, 3.8) is 0 Å². The molecule has 0 bridgehead atoms. The van der Waals surface area contributed by atoms with E-state index in [4.69, 9.17) is 0 Å². The van der Waals surface area contributed by atoms with Crippen LogP contribution in [0.25, 0.3) is 0 Å². The molecule has 5 heteroatoms. The number of benzene rings is 1. The highest BCUT2D eigenvalue weighted by molar-refractivity contribution is 6.09. The summed E-state index contributed by atoms with van der Waals surface area (Å²) in [6, 6.07) is 8.42. The van der Waals surface area contributed by atoms with Crippen molar-refractivity contribution in [3.05, 3.63) is 29.8 Å². The first-order chi connectivity index (χ1) is 11.5. The first-order valence-electron chi connectivity index (χ1n) is 8.91. The summed E-state index contributed by atoms with van der Waals surface area (Å²) in [5, 5.41) is 3.33. The monoisotopic (exact) mass is 329 g/mol. The SMILES string of the molecule is CC1CN(C(=O)C2CCN(c3ccc(C(C)C)cc3)C2=O)CCN1.